The predicted octanol–water partition coefficient (Wildman–Crippen LogP) is 2.90. The second-order valence-electron chi connectivity index (χ2n) is 6.88. The lowest BCUT2D eigenvalue weighted by Gasteiger charge is -2.12. The molecule has 0 unspecified atom stereocenters. The molecule has 0 aliphatic carbocycles. The summed E-state index contributed by atoms with van der Waals surface area (Å²) in [6.07, 6.45) is 0.700. The van der Waals surface area contributed by atoms with Gasteiger partial charge in [-0.3, -0.25) is 14.4 Å². The molecular formula is C23H21NO7. The molecular weight excluding hydrogens is 402 g/mol. The van der Waals surface area contributed by atoms with Gasteiger partial charge in [-0.2, -0.15) is 0 Å². The highest BCUT2D eigenvalue weighted by atomic mass is 16.5. The Morgan fingerprint density at radius 3 is 2.19 bits per heavy atom. The van der Waals surface area contributed by atoms with Crippen molar-refractivity contribution in [3.05, 3.63) is 64.7 Å². The maximum atomic E-state index is 13.0. The summed E-state index contributed by atoms with van der Waals surface area (Å²) in [7, 11) is 2.56. The van der Waals surface area contributed by atoms with Crippen molar-refractivity contribution in [3.63, 3.8) is 0 Å². The van der Waals surface area contributed by atoms with Crippen LogP contribution in [0.25, 0.3) is 11.3 Å². The number of esters is 2. The molecule has 8 nitrogen and oxygen atoms in total. The van der Waals surface area contributed by atoms with Gasteiger partial charge in [-0.25, -0.2) is 9.69 Å². The van der Waals surface area contributed by atoms with Crippen molar-refractivity contribution < 1.29 is 33.8 Å². The lowest BCUT2D eigenvalue weighted by Crippen LogP contribution is -2.31. The van der Waals surface area contributed by atoms with Crippen LogP contribution in [-0.4, -0.2) is 43.1 Å². The van der Waals surface area contributed by atoms with Gasteiger partial charge in [0.1, 0.15) is 5.76 Å². The molecule has 0 radical (unpaired) electrons. The molecule has 0 saturated heterocycles. The van der Waals surface area contributed by atoms with Crippen molar-refractivity contribution in [2.24, 2.45) is 0 Å². The van der Waals surface area contributed by atoms with Crippen LogP contribution < -0.4 is 4.90 Å². The highest BCUT2D eigenvalue weighted by molar-refractivity contribution is 6.42. The van der Waals surface area contributed by atoms with Crippen molar-refractivity contribution in [2.75, 3.05) is 19.1 Å². The Balaban J connectivity index is 2.01. The zero-order valence-corrected chi connectivity index (χ0v) is 17.3. The van der Waals surface area contributed by atoms with E-state index in [-0.39, 0.29) is 35.0 Å². The maximum absolute atomic E-state index is 13.0. The van der Waals surface area contributed by atoms with E-state index in [0.717, 1.165) is 10.5 Å². The van der Waals surface area contributed by atoms with Crippen LogP contribution in [0, 0.1) is 0 Å². The molecule has 2 aromatic carbocycles. The largest absolute Gasteiger partial charge is 0.506 e. The standard InChI is InChI=1S/C23H21NO7/c1-13(25)24-18-12-16(23(29)31-3)9-10-17(18)20(22(24)28)21(27)15-7-4-14(5-8-15)6-11-19(26)30-2/h4-5,7-10,12,27H,6,11H2,1-3H3. The number of rotatable bonds is 5. The van der Waals surface area contributed by atoms with Gasteiger partial charge in [0.2, 0.25) is 5.91 Å². The number of hydrogen-bond donors (Lipinski definition) is 1. The lowest BCUT2D eigenvalue weighted by molar-refractivity contribution is -0.140. The number of methoxy groups -OCH3 is 2. The average Bonchev–Trinajstić information content (AvgIpc) is 3.07. The molecule has 0 saturated carbocycles. The number of ether oxygens (including phenoxy) is 2. The molecule has 1 N–H and O–H groups in total. The summed E-state index contributed by atoms with van der Waals surface area (Å²) in [5, 5.41) is 10.9. The van der Waals surface area contributed by atoms with Gasteiger partial charge < -0.3 is 14.6 Å². The topological polar surface area (TPSA) is 110 Å². The quantitative estimate of drug-likeness (QED) is 0.447. The Labute approximate surface area is 178 Å². The number of amides is 2. The van der Waals surface area contributed by atoms with E-state index < -0.39 is 17.8 Å². The monoisotopic (exact) mass is 423 g/mol. The minimum Gasteiger partial charge on any atom is -0.506 e. The summed E-state index contributed by atoms with van der Waals surface area (Å²) in [4.78, 5) is 49.1. The zero-order valence-electron chi connectivity index (χ0n) is 17.3. The molecule has 1 aliphatic heterocycles. The van der Waals surface area contributed by atoms with E-state index in [9.17, 15) is 24.3 Å². The molecule has 0 aromatic heterocycles. The molecule has 2 aromatic rings. The van der Waals surface area contributed by atoms with Crippen LogP contribution in [0.1, 0.15) is 40.4 Å². The van der Waals surface area contributed by atoms with E-state index in [1.165, 1.54) is 39.3 Å². The Hall–Kier alpha value is -3.94. The fourth-order valence-electron chi connectivity index (χ4n) is 3.37. The van der Waals surface area contributed by atoms with Crippen LogP contribution in [0.5, 0.6) is 0 Å². The average molecular weight is 423 g/mol. The first kappa shape index (κ1) is 21.8. The summed E-state index contributed by atoms with van der Waals surface area (Å²) < 4.78 is 9.32. The third-order valence-corrected chi connectivity index (χ3v) is 4.97. The highest BCUT2D eigenvalue weighted by Gasteiger charge is 2.38. The van der Waals surface area contributed by atoms with Crippen LogP contribution in [-0.2, 0) is 30.3 Å². The van der Waals surface area contributed by atoms with E-state index in [2.05, 4.69) is 4.74 Å². The van der Waals surface area contributed by atoms with Crippen molar-refractivity contribution in [3.8, 4) is 0 Å². The number of aryl methyl sites for hydroxylation is 1. The van der Waals surface area contributed by atoms with Crippen LogP contribution in [0.3, 0.4) is 0 Å². The summed E-state index contributed by atoms with van der Waals surface area (Å²) in [6.45, 7) is 1.22. The number of benzene rings is 2. The number of carbonyl (C=O) groups is 4. The van der Waals surface area contributed by atoms with Crippen LogP contribution in [0.4, 0.5) is 5.69 Å². The van der Waals surface area contributed by atoms with E-state index in [0.29, 0.717) is 17.5 Å². The van der Waals surface area contributed by atoms with Crippen LogP contribution >= 0.6 is 0 Å². The number of carbonyl (C=O) groups excluding carboxylic acids is 4. The van der Waals surface area contributed by atoms with Gasteiger partial charge in [-0.1, -0.05) is 30.3 Å². The van der Waals surface area contributed by atoms with E-state index in [4.69, 9.17) is 4.74 Å². The molecule has 0 bridgehead atoms. The van der Waals surface area contributed by atoms with Crippen LogP contribution in [0.15, 0.2) is 42.5 Å². The Kier molecular flexibility index (Phi) is 6.20. The molecule has 31 heavy (non-hydrogen) atoms. The van der Waals surface area contributed by atoms with Gasteiger partial charge in [0.15, 0.2) is 0 Å². The SMILES string of the molecule is COC(=O)CCc1ccc(C(O)=C2C(=O)N(C(C)=O)c3cc(C(=O)OC)ccc32)cc1. The number of fused-ring (bicyclic) bond motifs is 1. The van der Waals surface area contributed by atoms with Crippen molar-refractivity contribution in [2.45, 2.75) is 19.8 Å². The Bertz CT molecular complexity index is 1100. The number of aliphatic hydroxyl groups excluding tert-OH is 1. The first-order valence-corrected chi connectivity index (χ1v) is 9.45. The van der Waals surface area contributed by atoms with E-state index in [1.807, 2.05) is 0 Å². The number of hydrogen-bond acceptors (Lipinski definition) is 7. The van der Waals surface area contributed by atoms with E-state index in [1.54, 1.807) is 24.3 Å². The van der Waals surface area contributed by atoms with Crippen molar-refractivity contribution >= 4 is 40.8 Å². The summed E-state index contributed by atoms with van der Waals surface area (Å²) >= 11 is 0. The summed E-state index contributed by atoms with van der Waals surface area (Å²) in [5.41, 5.74) is 1.91. The van der Waals surface area contributed by atoms with Gasteiger partial charge in [0.05, 0.1) is 31.0 Å². The second kappa shape index (κ2) is 8.83. The number of imide groups is 1. The molecule has 0 spiro atoms. The van der Waals surface area contributed by atoms with Gasteiger partial charge in [0, 0.05) is 24.5 Å². The Morgan fingerprint density at radius 2 is 1.61 bits per heavy atom. The third-order valence-electron chi connectivity index (χ3n) is 4.97. The van der Waals surface area contributed by atoms with E-state index >= 15 is 0 Å². The minimum atomic E-state index is -0.684. The summed E-state index contributed by atoms with van der Waals surface area (Å²) in [5.74, 6) is -2.45. The smallest absolute Gasteiger partial charge is 0.337 e. The summed E-state index contributed by atoms with van der Waals surface area (Å²) in [6, 6.07) is 11.1. The molecule has 0 atom stereocenters. The fourth-order valence-corrected chi connectivity index (χ4v) is 3.37. The molecule has 1 heterocycles. The van der Waals surface area contributed by atoms with Crippen molar-refractivity contribution in [1.29, 1.82) is 0 Å². The highest BCUT2D eigenvalue weighted by Crippen LogP contribution is 2.41. The minimum absolute atomic E-state index is 0.0380. The van der Waals surface area contributed by atoms with Gasteiger partial charge in [0.25, 0.3) is 5.91 Å². The van der Waals surface area contributed by atoms with Gasteiger partial charge in [-0.05, 0) is 24.1 Å². The second-order valence-corrected chi connectivity index (χ2v) is 6.88. The molecule has 0 fully saturated rings. The number of aliphatic hydroxyl groups is 1. The zero-order chi connectivity index (χ0) is 22.7. The Morgan fingerprint density at radius 1 is 0.968 bits per heavy atom. The predicted molar refractivity (Wildman–Crippen MR) is 112 cm³/mol. The molecule has 160 valence electrons. The third kappa shape index (κ3) is 4.18. The fraction of sp³-hybridized carbons (Fsp3) is 0.217. The number of nitrogens with zero attached hydrogens (tertiary/aromatic N) is 1. The first-order chi connectivity index (χ1) is 14.8. The van der Waals surface area contributed by atoms with Crippen molar-refractivity contribution in [1.82, 2.24) is 0 Å². The lowest BCUT2D eigenvalue weighted by atomic mass is 9.99. The molecule has 3 rings (SSSR count). The molecule has 8 heteroatoms. The van der Waals surface area contributed by atoms with Gasteiger partial charge in [-0.15, -0.1) is 0 Å². The normalized spacial score (nSPS) is 14.2. The van der Waals surface area contributed by atoms with Crippen LogP contribution in [0.2, 0.25) is 0 Å². The maximum Gasteiger partial charge on any atom is 0.337 e. The molecule has 2 amide bonds. The van der Waals surface area contributed by atoms with Gasteiger partial charge >= 0.3 is 11.9 Å². The first-order valence-electron chi connectivity index (χ1n) is 9.45. The number of anilines is 1. The molecule has 1 aliphatic rings.